The molecule has 0 N–H and O–H groups in total. The van der Waals surface area contributed by atoms with Crippen molar-refractivity contribution < 1.29 is 0 Å². The Labute approximate surface area is 108 Å². The van der Waals surface area contributed by atoms with Crippen LogP contribution in [0.5, 0.6) is 0 Å². The third-order valence-electron chi connectivity index (χ3n) is 7.02. The lowest BCUT2D eigenvalue weighted by molar-refractivity contribution is 0.139. The van der Waals surface area contributed by atoms with Gasteiger partial charge in [-0.25, -0.2) is 0 Å². The summed E-state index contributed by atoms with van der Waals surface area (Å²) in [5.74, 6) is 6.60. The predicted octanol–water partition coefficient (Wildman–Crippen LogP) is 5.13. The van der Waals surface area contributed by atoms with Gasteiger partial charge in [0.1, 0.15) is 0 Å². The van der Waals surface area contributed by atoms with Crippen molar-refractivity contribution in [3.8, 4) is 0 Å². The zero-order valence-electron chi connectivity index (χ0n) is 12.2. The molecule has 0 aromatic carbocycles. The topological polar surface area (TPSA) is 0 Å². The van der Waals surface area contributed by atoms with E-state index in [1.165, 1.54) is 19.3 Å². The van der Waals surface area contributed by atoms with Crippen LogP contribution in [0.25, 0.3) is 0 Å². The van der Waals surface area contributed by atoms with Crippen molar-refractivity contribution in [3.05, 3.63) is 0 Å². The molecule has 0 heteroatoms. The minimum atomic E-state index is 0.847. The first-order chi connectivity index (χ1) is 8.18. The van der Waals surface area contributed by atoms with Gasteiger partial charge in [0, 0.05) is 0 Å². The Morgan fingerprint density at radius 3 is 2.41 bits per heavy atom. The summed E-state index contributed by atoms with van der Waals surface area (Å²) in [5, 5.41) is 0. The van der Waals surface area contributed by atoms with Gasteiger partial charge in [-0.15, -0.1) is 0 Å². The Kier molecular flexibility index (Phi) is 2.84. The SMILES string of the molecule is CCC1CC1C(C)CC1C2CC(CC)C12CC. The normalized spacial score (nSPS) is 52.6. The van der Waals surface area contributed by atoms with Crippen LogP contribution in [0.3, 0.4) is 0 Å². The molecule has 0 aliphatic heterocycles. The average molecular weight is 234 g/mol. The van der Waals surface area contributed by atoms with E-state index in [-0.39, 0.29) is 0 Å². The molecule has 3 aliphatic carbocycles. The second-order valence-electron chi connectivity index (χ2n) is 7.30. The first-order valence-corrected chi connectivity index (χ1v) is 8.18. The third kappa shape index (κ3) is 1.55. The molecule has 7 atom stereocenters. The molecule has 0 spiro atoms. The molecule has 0 bridgehead atoms. The molecular formula is C17H30. The van der Waals surface area contributed by atoms with E-state index >= 15 is 0 Å². The molecule has 7 unspecified atom stereocenters. The molecule has 0 nitrogen and oxygen atoms in total. The van der Waals surface area contributed by atoms with Crippen LogP contribution >= 0.6 is 0 Å². The van der Waals surface area contributed by atoms with E-state index in [1.54, 1.807) is 19.3 Å². The van der Waals surface area contributed by atoms with Crippen molar-refractivity contribution in [2.45, 2.75) is 66.2 Å². The van der Waals surface area contributed by atoms with Crippen molar-refractivity contribution in [3.63, 3.8) is 0 Å². The summed E-state index contributed by atoms with van der Waals surface area (Å²) in [4.78, 5) is 0. The van der Waals surface area contributed by atoms with Gasteiger partial charge in [-0.2, -0.15) is 0 Å². The zero-order valence-corrected chi connectivity index (χ0v) is 12.2. The fraction of sp³-hybridized carbons (Fsp3) is 1.00. The third-order valence-corrected chi connectivity index (χ3v) is 7.02. The Morgan fingerprint density at radius 2 is 1.88 bits per heavy atom. The van der Waals surface area contributed by atoms with Crippen LogP contribution in [0.2, 0.25) is 0 Å². The van der Waals surface area contributed by atoms with E-state index < -0.39 is 0 Å². The number of hydrogen-bond acceptors (Lipinski definition) is 0. The van der Waals surface area contributed by atoms with Gasteiger partial charge >= 0.3 is 0 Å². The number of hydrogen-bond donors (Lipinski definition) is 0. The molecule has 3 saturated carbocycles. The molecule has 3 fully saturated rings. The lowest BCUT2D eigenvalue weighted by Crippen LogP contribution is -2.27. The van der Waals surface area contributed by atoms with Crippen LogP contribution < -0.4 is 0 Å². The highest BCUT2D eigenvalue weighted by atomic mass is 14.8. The molecule has 17 heavy (non-hydrogen) atoms. The fourth-order valence-electron chi connectivity index (χ4n) is 5.74. The number of rotatable bonds is 6. The maximum atomic E-state index is 2.54. The first kappa shape index (κ1) is 12.1. The second-order valence-corrected chi connectivity index (χ2v) is 7.30. The molecular weight excluding hydrogens is 204 g/mol. The van der Waals surface area contributed by atoms with Crippen molar-refractivity contribution in [2.75, 3.05) is 0 Å². The Morgan fingerprint density at radius 1 is 1.12 bits per heavy atom. The molecule has 0 aromatic rings. The van der Waals surface area contributed by atoms with Gasteiger partial charge in [0.05, 0.1) is 0 Å². The quantitative estimate of drug-likeness (QED) is 0.597. The summed E-state index contributed by atoms with van der Waals surface area (Å²) in [7, 11) is 0. The summed E-state index contributed by atoms with van der Waals surface area (Å²) in [6.07, 6.45) is 9.02. The molecule has 0 heterocycles. The van der Waals surface area contributed by atoms with E-state index in [0.717, 1.165) is 40.9 Å². The summed E-state index contributed by atoms with van der Waals surface area (Å²) < 4.78 is 0. The maximum Gasteiger partial charge on any atom is -0.0209 e. The van der Waals surface area contributed by atoms with Crippen molar-refractivity contribution in [2.24, 2.45) is 40.9 Å². The van der Waals surface area contributed by atoms with Crippen LogP contribution in [-0.2, 0) is 0 Å². The molecule has 0 amide bonds. The summed E-state index contributed by atoms with van der Waals surface area (Å²) in [6, 6.07) is 0. The standard InChI is InChI=1S/C17H30/c1-5-12-9-14(12)11(4)8-15-16-10-13(6-2)17(15,16)7-3/h11-16H,5-10H2,1-4H3. The molecule has 0 radical (unpaired) electrons. The van der Waals surface area contributed by atoms with Crippen LogP contribution in [-0.4, -0.2) is 0 Å². The van der Waals surface area contributed by atoms with Crippen LogP contribution in [0.4, 0.5) is 0 Å². The smallest absolute Gasteiger partial charge is 0.0209 e. The summed E-state index contributed by atoms with van der Waals surface area (Å²) in [6.45, 7) is 9.78. The van der Waals surface area contributed by atoms with Crippen molar-refractivity contribution >= 4 is 0 Å². The van der Waals surface area contributed by atoms with Crippen LogP contribution in [0, 0.1) is 40.9 Å². The van der Waals surface area contributed by atoms with Crippen molar-refractivity contribution in [1.82, 2.24) is 0 Å². The highest BCUT2D eigenvalue weighted by Crippen LogP contribution is 2.79. The molecule has 0 aromatic heterocycles. The van der Waals surface area contributed by atoms with E-state index in [0.29, 0.717) is 0 Å². The number of fused-ring (bicyclic) bond motifs is 1. The van der Waals surface area contributed by atoms with Gasteiger partial charge in [-0.05, 0) is 66.6 Å². The van der Waals surface area contributed by atoms with Gasteiger partial charge in [0.2, 0.25) is 0 Å². The zero-order chi connectivity index (χ0) is 12.2. The van der Waals surface area contributed by atoms with Crippen LogP contribution in [0.15, 0.2) is 0 Å². The second kappa shape index (κ2) is 4.00. The summed E-state index contributed by atoms with van der Waals surface area (Å²) in [5.41, 5.74) is 0.847. The predicted molar refractivity (Wildman–Crippen MR) is 73.8 cm³/mol. The lowest BCUT2D eigenvalue weighted by atomic mass is 9.69. The van der Waals surface area contributed by atoms with Gasteiger partial charge in [0.15, 0.2) is 0 Å². The minimum Gasteiger partial charge on any atom is -0.0651 e. The fourth-order valence-corrected chi connectivity index (χ4v) is 5.74. The molecule has 3 rings (SSSR count). The van der Waals surface area contributed by atoms with E-state index in [4.69, 9.17) is 0 Å². The largest absolute Gasteiger partial charge is 0.0651 e. The molecule has 0 saturated heterocycles. The Balaban J connectivity index is 1.54. The monoisotopic (exact) mass is 234 g/mol. The van der Waals surface area contributed by atoms with Gasteiger partial charge < -0.3 is 0 Å². The van der Waals surface area contributed by atoms with E-state index in [1.807, 2.05) is 0 Å². The Bertz CT molecular complexity index is 294. The average Bonchev–Trinajstić information content (AvgIpc) is 3.16. The first-order valence-electron chi connectivity index (χ1n) is 8.18. The van der Waals surface area contributed by atoms with E-state index in [9.17, 15) is 0 Å². The molecule has 3 aliphatic rings. The highest BCUT2D eigenvalue weighted by molar-refractivity contribution is 5.21. The highest BCUT2D eigenvalue weighted by Gasteiger charge is 2.73. The minimum absolute atomic E-state index is 0.847. The lowest BCUT2D eigenvalue weighted by Gasteiger charge is -2.35. The van der Waals surface area contributed by atoms with E-state index in [2.05, 4.69) is 27.7 Å². The molecule has 98 valence electrons. The summed E-state index contributed by atoms with van der Waals surface area (Å²) >= 11 is 0. The van der Waals surface area contributed by atoms with Gasteiger partial charge in [-0.1, -0.05) is 40.5 Å². The van der Waals surface area contributed by atoms with Gasteiger partial charge in [0.25, 0.3) is 0 Å². The van der Waals surface area contributed by atoms with Crippen LogP contribution in [0.1, 0.15) is 66.2 Å². The van der Waals surface area contributed by atoms with Crippen molar-refractivity contribution in [1.29, 1.82) is 0 Å². The van der Waals surface area contributed by atoms with Gasteiger partial charge in [-0.3, -0.25) is 0 Å². The Hall–Kier alpha value is 0. The maximum absolute atomic E-state index is 2.54.